The summed E-state index contributed by atoms with van der Waals surface area (Å²) >= 11 is 0. The van der Waals surface area contributed by atoms with Crippen LogP contribution in [0.3, 0.4) is 0 Å². The fraction of sp³-hybridized carbons (Fsp3) is 0.816. The minimum absolute atomic E-state index is 0.0720. The zero-order valence-corrected chi connectivity index (χ0v) is 42.6. The molecule has 0 aliphatic carbocycles. The average molecular weight is 969 g/mol. The number of ether oxygens (including phenoxy) is 11. The normalized spacial score (nSPS) is 41.0. The largest absolute Gasteiger partial charge is 0.462 e. The molecule has 19 atom stereocenters. The Labute approximate surface area is 402 Å². The highest BCUT2D eigenvalue weighted by Gasteiger charge is 2.54. The van der Waals surface area contributed by atoms with E-state index in [-0.39, 0.29) is 37.3 Å². The van der Waals surface area contributed by atoms with Crippen molar-refractivity contribution in [3.05, 3.63) is 24.3 Å². The number of aliphatic hydroxyl groups is 1. The van der Waals surface area contributed by atoms with Crippen molar-refractivity contribution in [3.8, 4) is 0 Å². The van der Waals surface area contributed by atoms with E-state index in [0.717, 1.165) is 12.7 Å². The van der Waals surface area contributed by atoms with Gasteiger partial charge in [-0.3, -0.25) is 19.2 Å². The molecular weight excluding hydrogens is 889 g/mol. The number of allylic oxidation sites excluding steroid dienone is 2. The Kier molecular flexibility index (Phi) is 22.0. The summed E-state index contributed by atoms with van der Waals surface area (Å²) in [4.78, 5) is 68.1. The lowest BCUT2D eigenvalue weighted by Crippen LogP contribution is -2.66. The van der Waals surface area contributed by atoms with E-state index in [1.54, 1.807) is 46.7 Å². The number of nitrogens with zero attached hydrogens (tertiary/aromatic N) is 2. The van der Waals surface area contributed by atoms with E-state index in [0.29, 0.717) is 12.8 Å². The lowest BCUT2D eigenvalue weighted by atomic mass is 9.82. The second kappa shape index (κ2) is 26.2. The molecule has 1 N–H and O–H groups in total. The molecular formula is C49H80N2O17. The van der Waals surface area contributed by atoms with Gasteiger partial charge in [0.15, 0.2) is 31.1 Å². The predicted molar refractivity (Wildman–Crippen MR) is 246 cm³/mol. The summed E-state index contributed by atoms with van der Waals surface area (Å²) < 4.78 is 68.8. The van der Waals surface area contributed by atoms with E-state index < -0.39 is 128 Å². The number of methoxy groups -OCH3 is 1. The predicted octanol–water partition coefficient (Wildman–Crippen LogP) is 4.04. The van der Waals surface area contributed by atoms with Gasteiger partial charge in [0.2, 0.25) is 0 Å². The van der Waals surface area contributed by atoms with Gasteiger partial charge in [0.1, 0.15) is 36.3 Å². The van der Waals surface area contributed by atoms with Crippen LogP contribution in [-0.2, 0) is 76.1 Å². The number of rotatable bonds is 14. The van der Waals surface area contributed by atoms with Gasteiger partial charge in [-0.2, -0.15) is 0 Å². The van der Waals surface area contributed by atoms with Crippen molar-refractivity contribution >= 4 is 30.2 Å². The molecule has 0 amide bonds. The highest BCUT2D eigenvalue weighted by Crippen LogP contribution is 2.39. The van der Waals surface area contributed by atoms with Gasteiger partial charge in [-0.1, -0.05) is 31.2 Å². The van der Waals surface area contributed by atoms with Crippen molar-refractivity contribution < 1.29 is 81.2 Å². The minimum atomic E-state index is -1.53. The van der Waals surface area contributed by atoms with Gasteiger partial charge in [0.25, 0.3) is 0 Å². The van der Waals surface area contributed by atoms with E-state index in [9.17, 15) is 29.1 Å². The van der Waals surface area contributed by atoms with E-state index in [4.69, 9.17) is 52.1 Å². The Hall–Kier alpha value is -3.37. The van der Waals surface area contributed by atoms with Crippen LogP contribution in [0.4, 0.5) is 0 Å². The molecule has 0 aromatic heterocycles. The van der Waals surface area contributed by atoms with Crippen LogP contribution in [0.2, 0.25) is 0 Å². The fourth-order valence-electron chi connectivity index (χ4n) is 10.1. The number of likely N-dealkylation sites (N-methyl/N-ethyl adjacent to an activating group) is 2. The van der Waals surface area contributed by atoms with Crippen LogP contribution in [0.1, 0.15) is 107 Å². The molecule has 19 nitrogen and oxygen atoms in total. The number of hydrogen-bond acceptors (Lipinski definition) is 19. The minimum Gasteiger partial charge on any atom is -0.462 e. The molecule has 0 aromatic carbocycles. The van der Waals surface area contributed by atoms with Crippen molar-refractivity contribution in [2.24, 2.45) is 11.8 Å². The Morgan fingerprint density at radius 2 is 1.46 bits per heavy atom. The van der Waals surface area contributed by atoms with E-state index in [1.165, 1.54) is 27.9 Å². The SMILES string of the molecule is CO[C@@H]1[C@@H](O[C@@H]2O[C@H](C)[C@@H](O[C@H]3C[C@@](C)(O)[C@@H](OC(C)=O)[C@H](C)O3)[C@H](N(C)C)[C@H]2OC(C)=O)[C@@H](CC=O)C[C@@H](C)[C@@H](OC2CC[C@H](N(C)C)[C@@H](C)O2)/C=C/C=C/C[C@@H](C)OC(=O)C[C@H]1OC(C)=O. The molecule has 4 aliphatic heterocycles. The topological polar surface area (TPSA) is 214 Å². The van der Waals surface area contributed by atoms with Crippen molar-refractivity contribution in [1.82, 2.24) is 9.80 Å². The van der Waals surface area contributed by atoms with Gasteiger partial charge in [-0.25, -0.2) is 0 Å². The van der Waals surface area contributed by atoms with Gasteiger partial charge in [-0.15, -0.1) is 0 Å². The summed E-state index contributed by atoms with van der Waals surface area (Å²) in [5.41, 5.74) is -1.53. The molecule has 1 unspecified atom stereocenters. The van der Waals surface area contributed by atoms with Crippen molar-refractivity contribution in [2.45, 2.75) is 211 Å². The maximum absolute atomic E-state index is 13.6. The highest BCUT2D eigenvalue weighted by atomic mass is 16.7. The quantitative estimate of drug-likeness (QED) is 0.148. The standard InChI is InChI=1S/C49H80N2O17/c1-27-24-35(22-23-52)44(68-48-46(64-33(7)54)42(51(12)13)43(30(4)62-48)67-41-26-49(9,57)47(31(5)61-41)65-34(8)55)45(58-14)38(63-32(6)53)25-39(56)59-28(2)18-16-15-17-19-37(27)66-40-21-20-36(50(10)11)29(3)60-40/h15-17,19,23,27-31,35-38,40-48,57H,18,20-22,24-26H2,1-14H3/b16-15+,19-17+/t27-,28-,29-,30-,31+,35+,36+,37+,38-,40?,41+,42+,43-,44+,45+,46-,47+,48+,49-/m1/s1. The van der Waals surface area contributed by atoms with Gasteiger partial charge >= 0.3 is 23.9 Å². The molecule has 0 saturated carbocycles. The van der Waals surface area contributed by atoms with Gasteiger partial charge in [0.05, 0.1) is 43.0 Å². The molecule has 0 bridgehead atoms. The lowest BCUT2D eigenvalue weighted by Gasteiger charge is -2.51. The zero-order valence-electron chi connectivity index (χ0n) is 42.6. The zero-order chi connectivity index (χ0) is 50.6. The van der Waals surface area contributed by atoms with Gasteiger partial charge in [0, 0.05) is 53.2 Å². The lowest BCUT2D eigenvalue weighted by molar-refractivity contribution is -0.345. The Balaban J connectivity index is 1.79. The van der Waals surface area contributed by atoms with Crippen LogP contribution in [0.15, 0.2) is 24.3 Å². The van der Waals surface area contributed by atoms with Crippen LogP contribution >= 0.6 is 0 Å². The molecule has 19 heteroatoms. The number of carbonyl (C=O) groups excluding carboxylic acids is 5. The Bertz CT molecular complexity index is 1710. The molecule has 388 valence electrons. The molecule has 0 spiro atoms. The number of esters is 4. The van der Waals surface area contributed by atoms with E-state index >= 15 is 0 Å². The van der Waals surface area contributed by atoms with Crippen LogP contribution in [0, 0.1) is 11.8 Å². The molecule has 3 fully saturated rings. The third-order valence-electron chi connectivity index (χ3n) is 13.2. The first-order valence-corrected chi connectivity index (χ1v) is 23.9. The van der Waals surface area contributed by atoms with E-state index in [2.05, 4.69) is 4.90 Å². The molecule has 4 heterocycles. The van der Waals surface area contributed by atoms with Gasteiger partial charge < -0.3 is 71.8 Å². The fourth-order valence-corrected chi connectivity index (χ4v) is 10.1. The summed E-state index contributed by atoms with van der Waals surface area (Å²) in [5, 5.41) is 11.4. The summed E-state index contributed by atoms with van der Waals surface area (Å²) in [7, 11) is 8.99. The highest BCUT2D eigenvalue weighted by molar-refractivity contribution is 5.72. The van der Waals surface area contributed by atoms with Crippen molar-refractivity contribution in [2.75, 3.05) is 35.3 Å². The van der Waals surface area contributed by atoms with Crippen LogP contribution < -0.4 is 0 Å². The number of hydrogen-bond donors (Lipinski definition) is 1. The van der Waals surface area contributed by atoms with Crippen LogP contribution in [-0.4, -0.2) is 184 Å². The second-order valence-corrected chi connectivity index (χ2v) is 19.6. The number of carbonyl (C=O) groups is 5. The van der Waals surface area contributed by atoms with Gasteiger partial charge in [-0.05, 0) is 93.9 Å². The second-order valence-electron chi connectivity index (χ2n) is 19.6. The summed E-state index contributed by atoms with van der Waals surface area (Å²) in [6, 6.07) is -0.554. The first-order valence-electron chi connectivity index (χ1n) is 23.9. The average Bonchev–Trinajstić information content (AvgIpc) is 3.21. The molecule has 68 heavy (non-hydrogen) atoms. The van der Waals surface area contributed by atoms with Crippen LogP contribution in [0.5, 0.6) is 0 Å². The summed E-state index contributed by atoms with van der Waals surface area (Å²) in [6.07, 6.45) is -2.25. The third kappa shape index (κ3) is 16.1. The molecule has 4 rings (SSSR count). The first kappa shape index (κ1) is 57.2. The van der Waals surface area contributed by atoms with E-state index in [1.807, 2.05) is 52.2 Å². The smallest absolute Gasteiger partial charge is 0.309 e. The monoisotopic (exact) mass is 969 g/mol. The first-order chi connectivity index (χ1) is 31.9. The molecule has 3 saturated heterocycles. The third-order valence-corrected chi connectivity index (χ3v) is 13.2. The maximum Gasteiger partial charge on any atom is 0.309 e. The summed E-state index contributed by atoms with van der Waals surface area (Å²) in [6.45, 7) is 14.5. The number of aldehydes is 1. The Morgan fingerprint density at radius 1 is 0.794 bits per heavy atom. The van der Waals surface area contributed by atoms with Crippen molar-refractivity contribution in [3.63, 3.8) is 0 Å². The van der Waals surface area contributed by atoms with Crippen molar-refractivity contribution in [1.29, 1.82) is 0 Å². The molecule has 0 radical (unpaired) electrons. The maximum atomic E-state index is 13.6. The Morgan fingerprint density at radius 3 is 2.03 bits per heavy atom. The summed E-state index contributed by atoms with van der Waals surface area (Å²) in [5.74, 6) is -3.58. The van der Waals surface area contributed by atoms with Crippen LogP contribution in [0.25, 0.3) is 0 Å². The number of cyclic esters (lactones) is 1. The molecule has 4 aliphatic rings. The molecule has 0 aromatic rings.